The molecule has 2 aromatic carbocycles. The van der Waals surface area contributed by atoms with Gasteiger partial charge in [-0.25, -0.2) is 8.42 Å². The number of aryl methyl sites for hydroxylation is 1. The number of thioether (sulfide) groups is 1. The number of nitrogens with one attached hydrogen (secondary N) is 1. The van der Waals surface area contributed by atoms with E-state index < -0.39 is 16.1 Å². The maximum Gasteiger partial charge on any atom is 0.243 e. The number of nitrogens with zero attached hydrogens (tertiary/aromatic N) is 1. The van der Waals surface area contributed by atoms with Gasteiger partial charge in [-0.3, -0.25) is 9.10 Å². The first-order valence-corrected chi connectivity index (χ1v) is 12.2. The van der Waals surface area contributed by atoms with Crippen LogP contribution in [0.5, 0.6) is 0 Å². The molecule has 0 fully saturated rings. The summed E-state index contributed by atoms with van der Waals surface area (Å²) in [5, 5.41) is 3.50. The van der Waals surface area contributed by atoms with E-state index in [0.29, 0.717) is 23.0 Å². The summed E-state index contributed by atoms with van der Waals surface area (Å²) in [6, 6.07) is 13.9. The Morgan fingerprint density at radius 1 is 1.14 bits per heavy atom. The van der Waals surface area contributed by atoms with Gasteiger partial charge in [0.05, 0.1) is 11.9 Å². The number of hydrogen-bond acceptors (Lipinski definition) is 4. The average molecular weight is 441 g/mol. The van der Waals surface area contributed by atoms with Gasteiger partial charge in [0, 0.05) is 22.2 Å². The van der Waals surface area contributed by atoms with Crippen LogP contribution >= 0.6 is 23.4 Å². The van der Waals surface area contributed by atoms with Crippen LogP contribution in [-0.2, 0) is 21.2 Å². The van der Waals surface area contributed by atoms with Gasteiger partial charge in [0.15, 0.2) is 0 Å². The van der Waals surface area contributed by atoms with Crippen LogP contribution in [0.1, 0.15) is 19.4 Å². The molecule has 1 atom stereocenters. The topological polar surface area (TPSA) is 66.5 Å². The van der Waals surface area contributed by atoms with E-state index in [9.17, 15) is 13.2 Å². The predicted molar refractivity (Wildman–Crippen MR) is 118 cm³/mol. The van der Waals surface area contributed by atoms with Crippen molar-refractivity contribution in [2.75, 3.05) is 22.9 Å². The fraction of sp³-hybridized carbons (Fsp3) is 0.350. The SMILES string of the molecule is CCc1ccc(N([C@H](C)C(=O)NCCSc2ccc(Cl)cc2)S(C)(=O)=O)cc1. The van der Waals surface area contributed by atoms with E-state index in [-0.39, 0.29) is 5.91 Å². The molecule has 0 heterocycles. The second-order valence-corrected chi connectivity index (χ2v) is 9.81. The first kappa shape index (κ1) is 22.6. The Morgan fingerprint density at radius 3 is 2.29 bits per heavy atom. The minimum atomic E-state index is -3.60. The molecule has 2 aromatic rings. The fourth-order valence-electron chi connectivity index (χ4n) is 2.71. The maximum absolute atomic E-state index is 12.5. The van der Waals surface area contributed by atoms with E-state index in [4.69, 9.17) is 11.6 Å². The van der Waals surface area contributed by atoms with E-state index in [2.05, 4.69) is 5.32 Å². The predicted octanol–water partition coefficient (Wildman–Crippen LogP) is 3.97. The van der Waals surface area contributed by atoms with Gasteiger partial charge in [-0.15, -0.1) is 11.8 Å². The van der Waals surface area contributed by atoms with Crippen LogP contribution in [0.25, 0.3) is 0 Å². The molecule has 0 aromatic heterocycles. The Balaban J connectivity index is 1.97. The van der Waals surface area contributed by atoms with Gasteiger partial charge in [0.2, 0.25) is 15.9 Å². The summed E-state index contributed by atoms with van der Waals surface area (Å²) in [4.78, 5) is 13.6. The summed E-state index contributed by atoms with van der Waals surface area (Å²) in [6.45, 7) is 4.06. The highest BCUT2D eigenvalue weighted by molar-refractivity contribution is 7.99. The molecule has 0 bridgehead atoms. The van der Waals surface area contributed by atoms with Gasteiger partial charge in [0.1, 0.15) is 6.04 Å². The summed E-state index contributed by atoms with van der Waals surface area (Å²) in [5.74, 6) is 0.339. The molecule has 28 heavy (non-hydrogen) atoms. The van der Waals surface area contributed by atoms with Gasteiger partial charge in [-0.2, -0.15) is 0 Å². The second-order valence-electron chi connectivity index (χ2n) is 6.35. The van der Waals surface area contributed by atoms with Crippen molar-refractivity contribution in [3.8, 4) is 0 Å². The summed E-state index contributed by atoms with van der Waals surface area (Å²) >= 11 is 7.46. The standard InChI is InChI=1S/C20H25ClN2O3S2/c1-4-16-5-9-18(10-6-16)23(28(3,25)26)15(2)20(24)22-13-14-27-19-11-7-17(21)8-12-19/h5-12,15H,4,13-14H2,1-3H3,(H,22,24)/t15-/m1/s1. The highest BCUT2D eigenvalue weighted by Crippen LogP contribution is 2.22. The fourth-order valence-corrected chi connectivity index (χ4v) is 4.78. The van der Waals surface area contributed by atoms with Crippen molar-refractivity contribution in [1.82, 2.24) is 5.32 Å². The zero-order valence-electron chi connectivity index (χ0n) is 16.2. The lowest BCUT2D eigenvalue weighted by molar-refractivity contribution is -0.121. The van der Waals surface area contributed by atoms with Gasteiger partial charge >= 0.3 is 0 Å². The van der Waals surface area contributed by atoms with Crippen LogP contribution in [0, 0.1) is 0 Å². The molecule has 1 amide bonds. The Bertz CT molecular complexity index is 885. The Kier molecular flexibility index (Phi) is 8.22. The van der Waals surface area contributed by atoms with Crippen molar-refractivity contribution in [3.63, 3.8) is 0 Å². The van der Waals surface area contributed by atoms with Crippen LogP contribution in [0.4, 0.5) is 5.69 Å². The Labute approximate surface area is 176 Å². The molecular formula is C20H25ClN2O3S2. The van der Waals surface area contributed by atoms with Crippen molar-refractivity contribution >= 4 is 45.0 Å². The van der Waals surface area contributed by atoms with Crippen LogP contribution in [0.2, 0.25) is 5.02 Å². The summed E-state index contributed by atoms with van der Waals surface area (Å²) in [7, 11) is -3.60. The van der Waals surface area contributed by atoms with E-state index in [1.54, 1.807) is 30.8 Å². The normalized spacial score (nSPS) is 12.4. The first-order valence-electron chi connectivity index (χ1n) is 8.96. The minimum absolute atomic E-state index is 0.332. The van der Waals surface area contributed by atoms with Crippen molar-refractivity contribution in [1.29, 1.82) is 0 Å². The molecule has 0 aliphatic rings. The third-order valence-corrected chi connectivity index (χ3v) is 6.68. The largest absolute Gasteiger partial charge is 0.353 e. The van der Waals surface area contributed by atoms with E-state index in [0.717, 1.165) is 27.4 Å². The van der Waals surface area contributed by atoms with Crippen molar-refractivity contribution in [2.24, 2.45) is 0 Å². The van der Waals surface area contributed by atoms with Gasteiger partial charge in [-0.1, -0.05) is 30.7 Å². The molecule has 1 N–H and O–H groups in total. The number of halogens is 1. The molecule has 8 heteroatoms. The van der Waals surface area contributed by atoms with Crippen LogP contribution in [0.15, 0.2) is 53.4 Å². The zero-order valence-corrected chi connectivity index (χ0v) is 18.6. The molecule has 5 nitrogen and oxygen atoms in total. The van der Waals surface area contributed by atoms with Crippen molar-refractivity contribution in [3.05, 3.63) is 59.1 Å². The minimum Gasteiger partial charge on any atom is -0.353 e. The zero-order chi connectivity index (χ0) is 20.7. The quantitative estimate of drug-likeness (QED) is 0.473. The average Bonchev–Trinajstić information content (AvgIpc) is 2.66. The molecule has 2 rings (SSSR count). The third-order valence-electron chi connectivity index (χ3n) is 4.17. The molecule has 0 aliphatic heterocycles. The lowest BCUT2D eigenvalue weighted by Gasteiger charge is -2.28. The van der Waals surface area contributed by atoms with E-state index in [1.165, 1.54) is 0 Å². The number of benzene rings is 2. The molecular weight excluding hydrogens is 416 g/mol. The van der Waals surface area contributed by atoms with Crippen molar-refractivity contribution in [2.45, 2.75) is 31.2 Å². The summed E-state index contributed by atoms with van der Waals surface area (Å²) in [5.41, 5.74) is 1.59. The lowest BCUT2D eigenvalue weighted by atomic mass is 10.1. The number of carbonyl (C=O) groups is 1. The molecule has 0 saturated heterocycles. The summed E-state index contributed by atoms with van der Waals surface area (Å²) < 4.78 is 25.8. The highest BCUT2D eigenvalue weighted by atomic mass is 35.5. The maximum atomic E-state index is 12.5. The molecule has 0 radical (unpaired) electrons. The van der Waals surface area contributed by atoms with Crippen molar-refractivity contribution < 1.29 is 13.2 Å². The molecule has 0 aliphatic carbocycles. The smallest absolute Gasteiger partial charge is 0.243 e. The third kappa shape index (κ3) is 6.43. The van der Waals surface area contributed by atoms with Crippen LogP contribution < -0.4 is 9.62 Å². The number of hydrogen-bond donors (Lipinski definition) is 1. The number of amides is 1. The highest BCUT2D eigenvalue weighted by Gasteiger charge is 2.28. The lowest BCUT2D eigenvalue weighted by Crippen LogP contribution is -2.48. The van der Waals surface area contributed by atoms with E-state index >= 15 is 0 Å². The Hall–Kier alpha value is -1.70. The molecule has 152 valence electrons. The number of carbonyl (C=O) groups excluding carboxylic acids is 1. The monoisotopic (exact) mass is 440 g/mol. The number of sulfonamides is 1. The number of rotatable bonds is 9. The molecule has 0 saturated carbocycles. The van der Waals surface area contributed by atoms with Gasteiger partial charge < -0.3 is 5.32 Å². The van der Waals surface area contributed by atoms with E-state index in [1.807, 2.05) is 43.3 Å². The van der Waals surface area contributed by atoms with Gasteiger partial charge in [0.25, 0.3) is 0 Å². The van der Waals surface area contributed by atoms with Gasteiger partial charge in [-0.05, 0) is 55.3 Å². The first-order chi connectivity index (χ1) is 13.2. The number of anilines is 1. The summed E-state index contributed by atoms with van der Waals surface area (Å²) in [6.07, 6.45) is 1.97. The van der Waals surface area contributed by atoms with Crippen LogP contribution in [-0.4, -0.2) is 38.9 Å². The second kappa shape index (κ2) is 10.2. The van der Waals surface area contributed by atoms with Crippen LogP contribution in [0.3, 0.4) is 0 Å². The molecule has 0 unspecified atom stereocenters. The molecule has 0 spiro atoms. The Morgan fingerprint density at radius 2 is 1.75 bits per heavy atom.